The summed E-state index contributed by atoms with van der Waals surface area (Å²) in [6.45, 7) is 3.49. The van der Waals surface area contributed by atoms with Gasteiger partial charge in [-0.05, 0) is 55.8 Å². The molecule has 174 valence electrons. The third-order valence-corrected chi connectivity index (χ3v) is 4.65. The molecule has 0 saturated carbocycles. The number of carboxylic acids is 1. The summed E-state index contributed by atoms with van der Waals surface area (Å²) in [5.41, 5.74) is 0.494. The number of hydrogen-bond acceptors (Lipinski definition) is 7. The lowest BCUT2D eigenvalue weighted by atomic mass is 10.1. The molecule has 0 aliphatic carbocycles. The Labute approximate surface area is 193 Å². The van der Waals surface area contributed by atoms with Crippen molar-refractivity contribution in [3.8, 4) is 11.5 Å². The van der Waals surface area contributed by atoms with Crippen LogP contribution in [0.2, 0.25) is 0 Å². The van der Waals surface area contributed by atoms with Crippen LogP contribution >= 0.6 is 0 Å². The van der Waals surface area contributed by atoms with Gasteiger partial charge in [-0.25, -0.2) is 9.59 Å². The first-order valence-electron chi connectivity index (χ1n) is 10.1. The Hall–Kier alpha value is -4.73. The molecule has 10 heteroatoms. The fraction of sp³-hybridized carbons (Fsp3) is 0.125. The van der Waals surface area contributed by atoms with E-state index in [9.17, 15) is 29.6 Å². The van der Waals surface area contributed by atoms with Crippen LogP contribution in [-0.4, -0.2) is 34.5 Å². The minimum atomic E-state index is -1.34. The summed E-state index contributed by atoms with van der Waals surface area (Å²) < 4.78 is 10.7. The van der Waals surface area contributed by atoms with Crippen LogP contribution in [0.4, 0.5) is 11.4 Å². The smallest absolute Gasteiger partial charge is 0.339 e. The standard InChI is InChI=1S/C24H20N2O8/c1-3-33-24(30)18-9-8-17(13-19(18)23(28)29)34-21-10-7-14(2)11-20(21)25-22(27)15-5-4-6-16(12-15)26(31)32/h4-13H,3H2,1-2H3,(H,25,27)(H,28,29). The van der Waals surface area contributed by atoms with Crippen molar-refractivity contribution in [2.24, 2.45) is 0 Å². The predicted molar refractivity (Wildman–Crippen MR) is 122 cm³/mol. The van der Waals surface area contributed by atoms with E-state index in [-0.39, 0.29) is 46.2 Å². The highest BCUT2D eigenvalue weighted by Gasteiger charge is 2.20. The molecule has 0 unspecified atom stereocenters. The fourth-order valence-corrected chi connectivity index (χ4v) is 3.06. The molecule has 34 heavy (non-hydrogen) atoms. The van der Waals surface area contributed by atoms with Crippen LogP contribution < -0.4 is 10.1 Å². The number of anilines is 1. The van der Waals surface area contributed by atoms with Gasteiger partial charge in [0, 0.05) is 17.7 Å². The van der Waals surface area contributed by atoms with Gasteiger partial charge in [0.05, 0.1) is 28.3 Å². The second-order valence-corrected chi connectivity index (χ2v) is 7.10. The zero-order valence-corrected chi connectivity index (χ0v) is 18.2. The number of rotatable bonds is 8. The molecule has 0 spiro atoms. The number of aromatic carboxylic acids is 1. The minimum absolute atomic E-state index is 0.0774. The number of aryl methyl sites for hydroxylation is 1. The molecular weight excluding hydrogens is 444 g/mol. The number of carbonyl (C=O) groups excluding carboxylic acids is 2. The van der Waals surface area contributed by atoms with Crippen LogP contribution in [0.3, 0.4) is 0 Å². The molecule has 3 rings (SSSR count). The molecule has 0 fully saturated rings. The maximum absolute atomic E-state index is 12.7. The summed E-state index contributed by atoms with van der Waals surface area (Å²) in [4.78, 5) is 46.8. The normalized spacial score (nSPS) is 10.3. The number of nitrogens with zero attached hydrogens (tertiary/aromatic N) is 1. The quantitative estimate of drug-likeness (QED) is 0.274. The van der Waals surface area contributed by atoms with Crippen LogP contribution in [0, 0.1) is 17.0 Å². The summed E-state index contributed by atoms with van der Waals surface area (Å²) in [6, 6.07) is 14.1. The van der Waals surface area contributed by atoms with Crippen LogP contribution in [0.1, 0.15) is 43.6 Å². The van der Waals surface area contributed by atoms with Gasteiger partial charge in [0.1, 0.15) is 5.75 Å². The highest BCUT2D eigenvalue weighted by atomic mass is 16.6. The fourth-order valence-electron chi connectivity index (χ4n) is 3.06. The first-order valence-corrected chi connectivity index (χ1v) is 10.1. The van der Waals surface area contributed by atoms with Gasteiger partial charge < -0.3 is 19.9 Å². The molecule has 0 saturated heterocycles. The number of carbonyl (C=O) groups is 3. The van der Waals surface area contributed by atoms with Gasteiger partial charge in [-0.2, -0.15) is 0 Å². The summed E-state index contributed by atoms with van der Waals surface area (Å²) in [6.07, 6.45) is 0. The maximum Gasteiger partial charge on any atom is 0.339 e. The molecule has 0 bridgehead atoms. The molecule has 0 atom stereocenters. The van der Waals surface area contributed by atoms with Gasteiger partial charge in [0.25, 0.3) is 11.6 Å². The first-order chi connectivity index (χ1) is 16.2. The third kappa shape index (κ3) is 5.54. The topological polar surface area (TPSA) is 145 Å². The van der Waals surface area contributed by atoms with E-state index < -0.39 is 22.8 Å². The van der Waals surface area contributed by atoms with Crippen molar-refractivity contribution in [2.75, 3.05) is 11.9 Å². The number of non-ortho nitro benzene ring substituents is 1. The molecule has 10 nitrogen and oxygen atoms in total. The lowest BCUT2D eigenvalue weighted by molar-refractivity contribution is -0.384. The molecule has 0 aliphatic heterocycles. The molecular formula is C24H20N2O8. The molecule has 0 aromatic heterocycles. The van der Waals surface area contributed by atoms with Crippen LogP contribution in [0.25, 0.3) is 0 Å². The van der Waals surface area contributed by atoms with E-state index in [2.05, 4.69) is 5.32 Å². The van der Waals surface area contributed by atoms with E-state index in [0.29, 0.717) is 0 Å². The zero-order chi connectivity index (χ0) is 24.8. The average Bonchev–Trinajstić information content (AvgIpc) is 2.80. The maximum atomic E-state index is 12.7. The van der Waals surface area contributed by atoms with Crippen molar-refractivity contribution >= 4 is 29.2 Å². The number of ether oxygens (including phenoxy) is 2. The van der Waals surface area contributed by atoms with E-state index in [0.717, 1.165) is 11.6 Å². The molecule has 0 radical (unpaired) electrons. The van der Waals surface area contributed by atoms with Gasteiger partial charge in [-0.3, -0.25) is 14.9 Å². The Balaban J connectivity index is 1.91. The minimum Gasteiger partial charge on any atom is -0.478 e. The number of hydrogen-bond donors (Lipinski definition) is 2. The first kappa shape index (κ1) is 23.9. The predicted octanol–water partition coefficient (Wildman–Crippen LogP) is 4.82. The van der Waals surface area contributed by atoms with Crippen molar-refractivity contribution in [1.29, 1.82) is 0 Å². The molecule has 3 aromatic rings. The van der Waals surface area contributed by atoms with Gasteiger partial charge in [-0.1, -0.05) is 12.1 Å². The van der Waals surface area contributed by atoms with Crippen LogP contribution in [-0.2, 0) is 4.74 Å². The number of esters is 1. The highest BCUT2D eigenvalue weighted by molar-refractivity contribution is 6.05. The van der Waals surface area contributed by atoms with Gasteiger partial charge in [0.2, 0.25) is 0 Å². The second kappa shape index (κ2) is 10.3. The van der Waals surface area contributed by atoms with Crippen LogP contribution in [0.5, 0.6) is 11.5 Å². The number of amides is 1. The third-order valence-electron chi connectivity index (χ3n) is 4.65. The Morgan fingerprint density at radius 1 is 1.03 bits per heavy atom. The van der Waals surface area contributed by atoms with E-state index in [4.69, 9.17) is 9.47 Å². The lowest BCUT2D eigenvalue weighted by Crippen LogP contribution is -2.13. The highest BCUT2D eigenvalue weighted by Crippen LogP contribution is 2.32. The Bertz CT molecular complexity index is 1290. The van der Waals surface area contributed by atoms with Crippen molar-refractivity contribution in [3.63, 3.8) is 0 Å². The van der Waals surface area contributed by atoms with Crippen LogP contribution in [0.15, 0.2) is 60.7 Å². The summed E-state index contributed by atoms with van der Waals surface area (Å²) in [5.74, 6) is -2.39. The molecule has 3 aromatic carbocycles. The van der Waals surface area contributed by atoms with Crippen molar-refractivity contribution < 1.29 is 33.9 Å². The van der Waals surface area contributed by atoms with E-state index in [1.807, 2.05) is 0 Å². The van der Waals surface area contributed by atoms with E-state index >= 15 is 0 Å². The summed E-state index contributed by atoms with van der Waals surface area (Å²) in [7, 11) is 0. The largest absolute Gasteiger partial charge is 0.478 e. The van der Waals surface area contributed by atoms with E-state index in [1.165, 1.54) is 36.4 Å². The summed E-state index contributed by atoms with van der Waals surface area (Å²) >= 11 is 0. The zero-order valence-electron chi connectivity index (χ0n) is 18.2. The Morgan fingerprint density at radius 2 is 1.79 bits per heavy atom. The number of carboxylic acid groups (broad SMARTS) is 1. The van der Waals surface area contributed by atoms with Gasteiger partial charge in [0.15, 0.2) is 5.75 Å². The molecule has 2 N–H and O–H groups in total. The Morgan fingerprint density at radius 3 is 2.47 bits per heavy atom. The monoisotopic (exact) mass is 464 g/mol. The van der Waals surface area contributed by atoms with Gasteiger partial charge >= 0.3 is 11.9 Å². The van der Waals surface area contributed by atoms with E-state index in [1.54, 1.807) is 32.0 Å². The number of benzene rings is 3. The van der Waals surface area contributed by atoms with Crippen molar-refractivity contribution in [3.05, 3.63) is 93.0 Å². The molecule has 0 heterocycles. The SMILES string of the molecule is CCOC(=O)c1ccc(Oc2ccc(C)cc2NC(=O)c2cccc([N+](=O)[O-])c2)cc1C(=O)O. The lowest BCUT2D eigenvalue weighted by Gasteiger charge is -2.14. The Kier molecular flexibility index (Phi) is 7.22. The van der Waals surface area contributed by atoms with Crippen molar-refractivity contribution in [2.45, 2.75) is 13.8 Å². The van der Waals surface area contributed by atoms with Gasteiger partial charge in [-0.15, -0.1) is 0 Å². The molecule has 1 amide bonds. The average molecular weight is 464 g/mol. The number of nitro groups is 1. The van der Waals surface area contributed by atoms with Crippen molar-refractivity contribution in [1.82, 2.24) is 0 Å². The summed E-state index contributed by atoms with van der Waals surface area (Å²) in [5, 5.41) is 23.2. The number of nitro benzene ring substituents is 1. The number of nitrogens with one attached hydrogen (secondary N) is 1. The second-order valence-electron chi connectivity index (χ2n) is 7.10. The molecule has 0 aliphatic rings.